The van der Waals surface area contributed by atoms with Gasteiger partial charge in [-0.1, -0.05) is 74.5 Å². The normalized spacial score (nSPS) is 16.6. The Morgan fingerprint density at radius 2 is 1.64 bits per heavy atom. The third-order valence-corrected chi connectivity index (χ3v) is 4.05. The van der Waals surface area contributed by atoms with Crippen molar-refractivity contribution in [3.05, 3.63) is 71.8 Å². The highest BCUT2D eigenvalue weighted by Gasteiger charge is 2.32. The highest BCUT2D eigenvalue weighted by molar-refractivity contribution is 5.82. The van der Waals surface area contributed by atoms with Gasteiger partial charge in [-0.15, -0.1) is 0 Å². The maximum absolute atomic E-state index is 12.5. The van der Waals surface area contributed by atoms with Crippen LogP contribution in [0.5, 0.6) is 0 Å². The summed E-state index contributed by atoms with van der Waals surface area (Å²) in [6.07, 6.45) is 0.379. The summed E-state index contributed by atoms with van der Waals surface area (Å²) in [6, 6.07) is 19.0. The van der Waals surface area contributed by atoms with E-state index in [4.69, 9.17) is 4.74 Å². The van der Waals surface area contributed by atoms with Crippen molar-refractivity contribution in [2.24, 2.45) is 0 Å². The summed E-state index contributed by atoms with van der Waals surface area (Å²) in [5.74, 6) is 0.186. The summed E-state index contributed by atoms with van der Waals surface area (Å²) in [6.45, 7) is 4.65. The first-order valence-corrected chi connectivity index (χ1v) is 8.78. The predicted molar refractivity (Wildman–Crippen MR) is 98.1 cm³/mol. The van der Waals surface area contributed by atoms with E-state index in [-0.39, 0.29) is 24.5 Å². The van der Waals surface area contributed by atoms with E-state index in [2.05, 4.69) is 0 Å². The van der Waals surface area contributed by atoms with Crippen molar-refractivity contribution in [3.8, 4) is 0 Å². The maximum atomic E-state index is 12.5. The van der Waals surface area contributed by atoms with Crippen LogP contribution in [0.4, 0.5) is 4.79 Å². The van der Waals surface area contributed by atoms with Crippen LogP contribution >= 0.6 is 0 Å². The number of carbonyl (C=O) groups is 2. The largest absolute Gasteiger partial charge is 0.445 e. The standard InChI is InChI=1S/C19H19NO3.C2H6/c21-17-11-12-20(18(13-17)16-9-5-2-6-10-16)19(22)23-14-15-7-3-1-4-8-15;1-2/h1-10,18H,11-14H2;1-2H3. The quantitative estimate of drug-likeness (QED) is 0.810. The van der Waals surface area contributed by atoms with E-state index in [9.17, 15) is 9.59 Å². The van der Waals surface area contributed by atoms with Gasteiger partial charge in [0.25, 0.3) is 0 Å². The molecule has 4 nitrogen and oxygen atoms in total. The smallest absolute Gasteiger partial charge is 0.410 e. The van der Waals surface area contributed by atoms with E-state index < -0.39 is 0 Å². The van der Waals surface area contributed by atoms with Crippen LogP contribution in [0.15, 0.2) is 60.7 Å². The van der Waals surface area contributed by atoms with Crippen LogP contribution in [-0.2, 0) is 16.1 Å². The number of likely N-dealkylation sites (tertiary alicyclic amines) is 1. The molecular formula is C21H25NO3. The van der Waals surface area contributed by atoms with E-state index in [1.807, 2.05) is 74.5 Å². The Morgan fingerprint density at radius 1 is 1.04 bits per heavy atom. The second-order valence-corrected chi connectivity index (χ2v) is 5.65. The van der Waals surface area contributed by atoms with E-state index in [0.29, 0.717) is 19.4 Å². The fourth-order valence-electron chi connectivity index (χ4n) is 2.82. The second kappa shape index (κ2) is 9.62. The lowest BCUT2D eigenvalue weighted by Gasteiger charge is -2.34. The van der Waals surface area contributed by atoms with E-state index in [1.54, 1.807) is 4.90 Å². The first-order valence-electron chi connectivity index (χ1n) is 8.78. The molecule has 0 N–H and O–H groups in total. The maximum Gasteiger partial charge on any atom is 0.410 e. The van der Waals surface area contributed by atoms with Crippen LogP contribution < -0.4 is 0 Å². The molecule has 0 spiro atoms. The van der Waals surface area contributed by atoms with E-state index in [1.165, 1.54) is 0 Å². The fraction of sp³-hybridized carbons (Fsp3) is 0.333. The Kier molecular flexibility index (Phi) is 7.20. The van der Waals surface area contributed by atoms with Crippen LogP contribution in [0, 0.1) is 0 Å². The van der Waals surface area contributed by atoms with E-state index in [0.717, 1.165) is 11.1 Å². The van der Waals surface area contributed by atoms with Crippen molar-refractivity contribution < 1.29 is 14.3 Å². The number of Topliss-reactive ketones (excluding diaryl/α,β-unsaturated/α-hetero) is 1. The number of piperidine rings is 1. The fourth-order valence-corrected chi connectivity index (χ4v) is 2.82. The van der Waals surface area contributed by atoms with Gasteiger partial charge in [-0.2, -0.15) is 0 Å². The van der Waals surface area contributed by atoms with Crippen LogP contribution in [0.2, 0.25) is 0 Å². The summed E-state index contributed by atoms with van der Waals surface area (Å²) in [7, 11) is 0. The number of nitrogens with zero attached hydrogens (tertiary/aromatic N) is 1. The molecule has 0 bridgehead atoms. The lowest BCUT2D eigenvalue weighted by atomic mass is 9.95. The minimum Gasteiger partial charge on any atom is -0.445 e. The first kappa shape index (κ1) is 18.7. The Hall–Kier alpha value is -2.62. The predicted octanol–water partition coefficient (Wildman–Crippen LogP) is 4.76. The molecule has 25 heavy (non-hydrogen) atoms. The highest BCUT2D eigenvalue weighted by Crippen LogP contribution is 2.29. The summed E-state index contributed by atoms with van der Waals surface area (Å²) in [5, 5.41) is 0. The van der Waals surface area contributed by atoms with Gasteiger partial charge in [-0.05, 0) is 11.1 Å². The zero-order chi connectivity index (χ0) is 18.1. The lowest BCUT2D eigenvalue weighted by Crippen LogP contribution is -2.41. The third kappa shape index (κ3) is 5.18. The van der Waals surface area contributed by atoms with Gasteiger partial charge in [-0.3, -0.25) is 4.79 Å². The molecule has 4 heteroatoms. The molecule has 1 unspecified atom stereocenters. The van der Waals surface area contributed by atoms with Gasteiger partial charge in [0.2, 0.25) is 0 Å². The van der Waals surface area contributed by atoms with Gasteiger partial charge in [0.05, 0.1) is 6.04 Å². The van der Waals surface area contributed by atoms with Crippen molar-refractivity contribution in [1.82, 2.24) is 4.90 Å². The van der Waals surface area contributed by atoms with Gasteiger partial charge in [0, 0.05) is 19.4 Å². The number of hydrogen-bond donors (Lipinski definition) is 0. The number of amides is 1. The number of hydrogen-bond acceptors (Lipinski definition) is 3. The summed E-state index contributed by atoms with van der Waals surface area (Å²) < 4.78 is 5.43. The van der Waals surface area contributed by atoms with Crippen molar-refractivity contribution >= 4 is 11.9 Å². The minimum atomic E-state index is -0.366. The van der Waals surface area contributed by atoms with Gasteiger partial charge in [0.15, 0.2) is 0 Å². The summed E-state index contributed by atoms with van der Waals surface area (Å²) in [4.78, 5) is 25.9. The van der Waals surface area contributed by atoms with Crippen molar-refractivity contribution in [2.75, 3.05) is 6.54 Å². The Labute approximate surface area is 149 Å². The van der Waals surface area contributed by atoms with Gasteiger partial charge >= 0.3 is 6.09 Å². The van der Waals surface area contributed by atoms with Crippen molar-refractivity contribution in [2.45, 2.75) is 39.3 Å². The second-order valence-electron chi connectivity index (χ2n) is 5.65. The molecule has 2 aromatic rings. The molecule has 1 saturated heterocycles. The molecule has 1 amide bonds. The number of carbonyl (C=O) groups excluding carboxylic acids is 2. The molecule has 1 aliphatic heterocycles. The minimum absolute atomic E-state index is 0.186. The Balaban J connectivity index is 0.00000109. The van der Waals surface area contributed by atoms with Gasteiger partial charge < -0.3 is 9.64 Å². The zero-order valence-corrected chi connectivity index (χ0v) is 14.9. The molecular weight excluding hydrogens is 314 g/mol. The van der Waals surface area contributed by atoms with Crippen LogP contribution in [0.3, 0.4) is 0 Å². The van der Waals surface area contributed by atoms with Gasteiger partial charge in [0.1, 0.15) is 12.4 Å². The Bertz CT molecular complexity index is 670. The number of ether oxygens (including phenoxy) is 1. The topological polar surface area (TPSA) is 46.6 Å². The average molecular weight is 339 g/mol. The van der Waals surface area contributed by atoms with Crippen molar-refractivity contribution in [1.29, 1.82) is 0 Å². The SMILES string of the molecule is CC.O=C1CCN(C(=O)OCc2ccccc2)C(c2ccccc2)C1. The lowest BCUT2D eigenvalue weighted by molar-refractivity contribution is -0.122. The number of ketones is 1. The number of rotatable bonds is 3. The molecule has 1 heterocycles. The van der Waals surface area contributed by atoms with Crippen LogP contribution in [0.1, 0.15) is 43.9 Å². The highest BCUT2D eigenvalue weighted by atomic mass is 16.6. The Morgan fingerprint density at radius 3 is 2.28 bits per heavy atom. The van der Waals surface area contributed by atoms with Crippen LogP contribution in [-0.4, -0.2) is 23.3 Å². The first-order chi connectivity index (χ1) is 12.2. The van der Waals surface area contributed by atoms with Gasteiger partial charge in [-0.25, -0.2) is 4.79 Å². The third-order valence-electron chi connectivity index (χ3n) is 4.05. The molecule has 1 atom stereocenters. The van der Waals surface area contributed by atoms with E-state index >= 15 is 0 Å². The number of benzene rings is 2. The molecule has 1 aliphatic rings. The monoisotopic (exact) mass is 339 g/mol. The molecule has 1 fully saturated rings. The average Bonchev–Trinajstić information content (AvgIpc) is 2.69. The summed E-state index contributed by atoms with van der Waals surface area (Å²) in [5.41, 5.74) is 1.92. The molecule has 3 rings (SSSR count). The van der Waals surface area contributed by atoms with Crippen LogP contribution in [0.25, 0.3) is 0 Å². The molecule has 2 aromatic carbocycles. The molecule has 0 radical (unpaired) electrons. The molecule has 132 valence electrons. The molecule has 0 saturated carbocycles. The van der Waals surface area contributed by atoms with Crippen molar-refractivity contribution in [3.63, 3.8) is 0 Å². The zero-order valence-electron chi connectivity index (χ0n) is 14.9. The summed E-state index contributed by atoms with van der Waals surface area (Å²) >= 11 is 0. The molecule has 0 aliphatic carbocycles. The molecule has 0 aromatic heterocycles.